The average molecular weight is 357 g/mol. The van der Waals surface area contributed by atoms with Crippen molar-refractivity contribution >= 4 is 11.9 Å². The summed E-state index contributed by atoms with van der Waals surface area (Å²) in [6.07, 6.45) is -1.66. The molecule has 1 aliphatic heterocycles. The number of amides is 1. The molecule has 0 spiro atoms. The fourth-order valence-electron chi connectivity index (χ4n) is 2.44. The first-order chi connectivity index (χ1) is 11.8. The smallest absolute Gasteiger partial charge is 0.412 e. The van der Waals surface area contributed by atoms with Crippen LogP contribution in [0.25, 0.3) is 0 Å². The van der Waals surface area contributed by atoms with Gasteiger partial charge in [0.2, 0.25) is 0 Å². The zero-order chi connectivity index (χ0) is 18.6. The van der Waals surface area contributed by atoms with Crippen LogP contribution in [0, 0.1) is 0 Å². The number of carbonyl (C=O) groups excluding carboxylic acids is 1. The second-order valence-corrected chi connectivity index (χ2v) is 5.85. The number of rotatable bonds is 6. The highest BCUT2D eigenvalue weighted by molar-refractivity contribution is 5.84. The number of nitrogens with one attached hydrogen (secondary N) is 1. The van der Waals surface area contributed by atoms with E-state index in [1.54, 1.807) is 0 Å². The molecule has 2 rings (SSSR count). The molecule has 1 fully saturated rings. The second-order valence-electron chi connectivity index (χ2n) is 5.85. The summed E-state index contributed by atoms with van der Waals surface area (Å²) in [5.41, 5.74) is -0.871. The molecule has 25 heavy (non-hydrogen) atoms. The monoisotopic (exact) mass is 357 g/mol. The first-order valence-corrected chi connectivity index (χ1v) is 8.12. The van der Waals surface area contributed by atoms with Crippen molar-refractivity contribution in [3.8, 4) is 5.75 Å². The Morgan fingerprint density at radius 2 is 2.12 bits per heavy atom. The molecule has 4 N–H and O–H groups in total. The predicted molar refractivity (Wildman–Crippen MR) is 86.3 cm³/mol. The molecule has 0 aliphatic carbocycles. The van der Waals surface area contributed by atoms with Crippen LogP contribution in [0.5, 0.6) is 5.75 Å². The summed E-state index contributed by atoms with van der Waals surface area (Å²) in [7, 11) is 0. The van der Waals surface area contributed by atoms with Gasteiger partial charge in [-0.1, -0.05) is 19.8 Å². The normalized spacial score (nSPS) is 25.8. The molecule has 1 aromatic rings. The van der Waals surface area contributed by atoms with Crippen LogP contribution in [-0.2, 0) is 9.47 Å². The molecule has 140 valence electrons. The first-order valence-electron chi connectivity index (χ1n) is 8.12. The number of anilines is 1. The Labute approximate surface area is 144 Å². The zero-order valence-corrected chi connectivity index (χ0v) is 14.1. The fraction of sp³-hybridized carbons (Fsp3) is 0.667. The molecule has 0 radical (unpaired) electrons. The summed E-state index contributed by atoms with van der Waals surface area (Å²) in [6.45, 7) is 3.77. The van der Waals surface area contributed by atoms with Crippen LogP contribution in [0.15, 0.2) is 11.0 Å². The van der Waals surface area contributed by atoms with E-state index in [9.17, 15) is 24.9 Å². The first kappa shape index (κ1) is 19.2. The quantitative estimate of drug-likeness (QED) is 0.533. The number of unbranched alkanes of at least 4 members (excludes halogenated alkanes) is 2. The van der Waals surface area contributed by atoms with Gasteiger partial charge in [0.1, 0.15) is 12.2 Å². The largest absolute Gasteiger partial charge is 0.503 e. The molecule has 0 saturated carbocycles. The zero-order valence-electron chi connectivity index (χ0n) is 14.1. The topological polar surface area (TPSA) is 143 Å². The van der Waals surface area contributed by atoms with Crippen molar-refractivity contribution in [1.29, 1.82) is 0 Å². The Morgan fingerprint density at radius 3 is 2.72 bits per heavy atom. The van der Waals surface area contributed by atoms with E-state index in [1.165, 1.54) is 6.92 Å². The standard InChI is InChI=1S/C15H23N3O7/c1-3-4-5-6-24-15(23)17-12-9(19)7-18(14(22)16-12)13-11(21)10(20)8(2)25-13/h7-8,10-11,13,19-21H,3-6H2,1-2H3,(H,16,17,22,23)/t8-,10-,11?,13-/m1/s1. The van der Waals surface area contributed by atoms with E-state index < -0.39 is 42.1 Å². The van der Waals surface area contributed by atoms with Gasteiger partial charge in [0, 0.05) is 0 Å². The van der Waals surface area contributed by atoms with Gasteiger partial charge in [-0.3, -0.25) is 9.88 Å². The number of aliphatic hydroxyl groups is 2. The molecule has 10 heteroatoms. The van der Waals surface area contributed by atoms with E-state index in [4.69, 9.17) is 9.47 Å². The summed E-state index contributed by atoms with van der Waals surface area (Å²) in [4.78, 5) is 27.3. The van der Waals surface area contributed by atoms with Crippen LogP contribution in [0.1, 0.15) is 39.3 Å². The summed E-state index contributed by atoms with van der Waals surface area (Å²) in [5.74, 6) is -0.863. The minimum absolute atomic E-state index is 0.218. The summed E-state index contributed by atoms with van der Waals surface area (Å²) in [5, 5.41) is 31.8. The maximum atomic E-state index is 12.1. The number of aliphatic hydroxyl groups excluding tert-OH is 2. The highest BCUT2D eigenvalue weighted by Crippen LogP contribution is 2.29. The maximum Gasteiger partial charge on any atom is 0.412 e. The van der Waals surface area contributed by atoms with E-state index in [0.717, 1.165) is 23.6 Å². The maximum absolute atomic E-state index is 12.1. The van der Waals surface area contributed by atoms with Crippen LogP contribution >= 0.6 is 0 Å². The Bertz CT molecular complexity index is 663. The number of nitrogens with zero attached hydrogens (tertiary/aromatic N) is 2. The number of carbonyl (C=O) groups is 1. The van der Waals surface area contributed by atoms with Gasteiger partial charge in [0.25, 0.3) is 0 Å². The Hall–Kier alpha value is -2.17. The summed E-state index contributed by atoms with van der Waals surface area (Å²) in [6, 6.07) is 0. The predicted octanol–water partition coefficient (Wildman–Crippen LogP) is 0.327. The van der Waals surface area contributed by atoms with Crippen molar-refractivity contribution in [3.05, 3.63) is 16.7 Å². The van der Waals surface area contributed by atoms with E-state index in [1.807, 2.05) is 6.92 Å². The molecular weight excluding hydrogens is 334 g/mol. The van der Waals surface area contributed by atoms with Crippen molar-refractivity contribution in [2.24, 2.45) is 0 Å². The lowest BCUT2D eigenvalue weighted by atomic mass is 10.1. The van der Waals surface area contributed by atoms with E-state index in [2.05, 4.69) is 10.3 Å². The van der Waals surface area contributed by atoms with Crippen molar-refractivity contribution in [3.63, 3.8) is 0 Å². The highest BCUT2D eigenvalue weighted by atomic mass is 16.6. The van der Waals surface area contributed by atoms with Gasteiger partial charge in [-0.15, -0.1) is 0 Å². The fourth-order valence-corrected chi connectivity index (χ4v) is 2.44. The molecule has 1 unspecified atom stereocenters. The highest BCUT2D eigenvalue weighted by Gasteiger charge is 2.42. The number of aromatic nitrogens is 2. The van der Waals surface area contributed by atoms with Crippen LogP contribution in [0.2, 0.25) is 0 Å². The molecule has 4 atom stereocenters. The third-order valence-electron chi connectivity index (χ3n) is 3.89. The molecule has 1 aliphatic rings. The average Bonchev–Trinajstić information content (AvgIpc) is 2.82. The Kier molecular flexibility index (Phi) is 6.34. The van der Waals surface area contributed by atoms with Crippen molar-refractivity contribution in [2.75, 3.05) is 11.9 Å². The molecule has 1 saturated heterocycles. The van der Waals surface area contributed by atoms with Gasteiger partial charge in [0.05, 0.1) is 18.9 Å². The second kappa shape index (κ2) is 8.28. The van der Waals surface area contributed by atoms with Crippen LogP contribution in [0.4, 0.5) is 10.6 Å². The van der Waals surface area contributed by atoms with Crippen molar-refractivity contribution in [2.45, 2.75) is 57.6 Å². The molecule has 2 heterocycles. The summed E-state index contributed by atoms with van der Waals surface area (Å²) < 4.78 is 11.1. The van der Waals surface area contributed by atoms with E-state index in [0.29, 0.717) is 6.42 Å². The lowest BCUT2D eigenvalue weighted by molar-refractivity contribution is -0.0353. The third kappa shape index (κ3) is 4.47. The lowest BCUT2D eigenvalue weighted by Gasteiger charge is -2.18. The SMILES string of the molecule is CCCCCOC(=O)Nc1nc(=O)n([C@@H]2O[C@H](C)[C@@H](O)C2O)cc1O. The van der Waals surface area contributed by atoms with Crippen LogP contribution in [0.3, 0.4) is 0 Å². The third-order valence-corrected chi connectivity index (χ3v) is 3.89. The molecule has 0 aromatic carbocycles. The molecule has 10 nitrogen and oxygen atoms in total. The Morgan fingerprint density at radius 1 is 1.40 bits per heavy atom. The molecular formula is C15H23N3O7. The molecule has 0 bridgehead atoms. The van der Waals surface area contributed by atoms with Gasteiger partial charge in [0.15, 0.2) is 17.8 Å². The molecule has 1 amide bonds. The minimum atomic E-state index is -1.35. The number of hydrogen-bond acceptors (Lipinski definition) is 8. The van der Waals surface area contributed by atoms with E-state index >= 15 is 0 Å². The number of ether oxygens (including phenoxy) is 2. The minimum Gasteiger partial charge on any atom is -0.503 e. The van der Waals surface area contributed by atoms with Crippen molar-refractivity contribution in [1.82, 2.24) is 9.55 Å². The van der Waals surface area contributed by atoms with Gasteiger partial charge in [-0.05, 0) is 13.3 Å². The lowest BCUT2D eigenvalue weighted by Crippen LogP contribution is -2.35. The van der Waals surface area contributed by atoms with Gasteiger partial charge in [-0.25, -0.2) is 9.59 Å². The van der Waals surface area contributed by atoms with Crippen molar-refractivity contribution < 1.29 is 29.6 Å². The Balaban J connectivity index is 2.07. The van der Waals surface area contributed by atoms with Gasteiger partial charge < -0.3 is 24.8 Å². The summed E-state index contributed by atoms with van der Waals surface area (Å²) >= 11 is 0. The van der Waals surface area contributed by atoms with Gasteiger partial charge >= 0.3 is 11.8 Å². The van der Waals surface area contributed by atoms with Crippen LogP contribution in [-0.4, -0.2) is 55.9 Å². The molecule has 1 aromatic heterocycles. The number of hydrogen-bond donors (Lipinski definition) is 4. The van der Waals surface area contributed by atoms with E-state index in [-0.39, 0.29) is 12.4 Å². The van der Waals surface area contributed by atoms with Crippen LogP contribution < -0.4 is 11.0 Å². The number of aromatic hydroxyl groups is 1. The van der Waals surface area contributed by atoms with Gasteiger partial charge in [-0.2, -0.15) is 4.98 Å².